The van der Waals surface area contributed by atoms with Crippen LogP contribution in [0.1, 0.15) is 22.8 Å². The smallest absolute Gasteiger partial charge is 0.271 e. The molecule has 0 aliphatic heterocycles. The van der Waals surface area contributed by atoms with Crippen LogP contribution >= 0.6 is 15.9 Å². The third kappa shape index (κ3) is 3.45. The van der Waals surface area contributed by atoms with E-state index in [4.69, 9.17) is 5.73 Å². The molecule has 5 heteroatoms. The Bertz CT molecular complexity index is 650. The van der Waals surface area contributed by atoms with E-state index >= 15 is 0 Å². The van der Waals surface area contributed by atoms with E-state index in [1.54, 1.807) is 24.3 Å². The zero-order chi connectivity index (χ0) is 14.5. The Labute approximate surface area is 125 Å². The minimum atomic E-state index is -0.267. The first-order valence-corrected chi connectivity index (χ1v) is 6.82. The van der Waals surface area contributed by atoms with E-state index in [-0.39, 0.29) is 5.91 Å². The zero-order valence-electron chi connectivity index (χ0n) is 10.9. The Morgan fingerprint density at radius 2 is 1.80 bits per heavy atom. The van der Waals surface area contributed by atoms with E-state index in [0.29, 0.717) is 11.3 Å². The number of carbonyl (C=O) groups excluding carboxylic acids is 1. The molecule has 102 valence electrons. The largest absolute Gasteiger partial charge is 0.399 e. The Morgan fingerprint density at radius 1 is 1.15 bits per heavy atom. The van der Waals surface area contributed by atoms with Crippen LogP contribution in [0.3, 0.4) is 0 Å². The fraction of sp³-hybridized carbons (Fsp3) is 0.0667. The number of nitrogens with one attached hydrogen (secondary N) is 1. The highest BCUT2D eigenvalue weighted by molar-refractivity contribution is 9.10. The number of nitrogens with two attached hydrogens (primary N) is 1. The van der Waals surface area contributed by atoms with Crippen LogP contribution in [-0.4, -0.2) is 11.6 Å². The van der Waals surface area contributed by atoms with Crippen molar-refractivity contribution in [2.24, 2.45) is 5.10 Å². The molecule has 2 aromatic rings. The lowest BCUT2D eigenvalue weighted by Crippen LogP contribution is -2.19. The first-order chi connectivity index (χ1) is 9.58. The quantitative estimate of drug-likeness (QED) is 0.515. The number of carbonyl (C=O) groups is 1. The summed E-state index contributed by atoms with van der Waals surface area (Å²) in [7, 11) is 0. The molecule has 0 saturated heterocycles. The lowest BCUT2D eigenvalue weighted by Gasteiger charge is -2.05. The first kappa shape index (κ1) is 14.3. The molecule has 0 radical (unpaired) electrons. The van der Waals surface area contributed by atoms with E-state index in [0.717, 1.165) is 15.7 Å². The Balaban J connectivity index is 2.11. The normalized spacial score (nSPS) is 11.2. The van der Waals surface area contributed by atoms with Crippen molar-refractivity contribution in [1.29, 1.82) is 0 Å². The minimum Gasteiger partial charge on any atom is -0.399 e. The Hall–Kier alpha value is -2.14. The lowest BCUT2D eigenvalue weighted by atomic mass is 10.1. The minimum absolute atomic E-state index is 0.267. The van der Waals surface area contributed by atoms with Gasteiger partial charge < -0.3 is 5.73 Å². The van der Waals surface area contributed by atoms with E-state index in [1.807, 2.05) is 31.2 Å². The van der Waals surface area contributed by atoms with Gasteiger partial charge >= 0.3 is 0 Å². The number of nitrogens with zero attached hydrogens (tertiary/aromatic N) is 1. The highest BCUT2D eigenvalue weighted by Crippen LogP contribution is 2.16. The average molecular weight is 332 g/mol. The van der Waals surface area contributed by atoms with Gasteiger partial charge in [0.15, 0.2) is 0 Å². The summed E-state index contributed by atoms with van der Waals surface area (Å²) in [5.41, 5.74) is 10.9. The highest BCUT2D eigenvalue weighted by Gasteiger charge is 2.06. The summed E-state index contributed by atoms with van der Waals surface area (Å²) >= 11 is 3.45. The monoisotopic (exact) mass is 331 g/mol. The van der Waals surface area contributed by atoms with Gasteiger partial charge in [0.25, 0.3) is 5.91 Å². The maximum Gasteiger partial charge on any atom is 0.271 e. The predicted molar refractivity (Wildman–Crippen MR) is 84.7 cm³/mol. The maximum atomic E-state index is 11.9. The molecule has 0 saturated carbocycles. The number of rotatable bonds is 3. The molecule has 0 aromatic heterocycles. The van der Waals surface area contributed by atoms with Gasteiger partial charge in [-0.15, -0.1) is 0 Å². The molecule has 0 heterocycles. The molecular weight excluding hydrogens is 318 g/mol. The standard InChI is InChI=1S/C15H14BrN3O/c1-10(13-4-2-3-5-14(13)16)18-19-15(20)11-6-8-12(17)9-7-11/h2-9H,17H2,1H3,(H,19,20)/b18-10-. The van der Waals surface area contributed by atoms with E-state index in [9.17, 15) is 4.79 Å². The van der Waals surface area contributed by atoms with Crippen molar-refractivity contribution in [3.05, 3.63) is 64.1 Å². The van der Waals surface area contributed by atoms with Crippen molar-refractivity contribution in [3.8, 4) is 0 Å². The molecular formula is C15H14BrN3O. The number of nitrogen functional groups attached to an aromatic ring is 1. The molecule has 4 nitrogen and oxygen atoms in total. The van der Waals surface area contributed by atoms with Crippen LogP contribution in [0.25, 0.3) is 0 Å². The third-order valence-electron chi connectivity index (χ3n) is 2.76. The van der Waals surface area contributed by atoms with E-state index in [2.05, 4.69) is 26.5 Å². The summed E-state index contributed by atoms with van der Waals surface area (Å²) in [4.78, 5) is 11.9. The second kappa shape index (κ2) is 6.34. The number of amides is 1. The molecule has 3 N–H and O–H groups in total. The van der Waals surface area contributed by atoms with Gasteiger partial charge in [0.05, 0.1) is 5.71 Å². The van der Waals surface area contributed by atoms with Crippen LogP contribution in [0, 0.1) is 0 Å². The molecule has 0 fully saturated rings. The van der Waals surface area contributed by atoms with Crippen LogP contribution in [0.2, 0.25) is 0 Å². The van der Waals surface area contributed by atoms with Crippen LogP contribution in [0.4, 0.5) is 5.69 Å². The molecule has 0 unspecified atom stereocenters. The topological polar surface area (TPSA) is 67.5 Å². The maximum absolute atomic E-state index is 11.9. The molecule has 0 spiro atoms. The molecule has 1 amide bonds. The van der Waals surface area contributed by atoms with Crippen LogP contribution in [-0.2, 0) is 0 Å². The third-order valence-corrected chi connectivity index (χ3v) is 3.45. The summed E-state index contributed by atoms with van der Waals surface area (Å²) in [5, 5.41) is 4.11. The first-order valence-electron chi connectivity index (χ1n) is 6.03. The van der Waals surface area contributed by atoms with E-state index < -0.39 is 0 Å². The van der Waals surface area contributed by atoms with Gasteiger partial charge in [-0.3, -0.25) is 4.79 Å². The van der Waals surface area contributed by atoms with Gasteiger partial charge in [0, 0.05) is 21.3 Å². The van der Waals surface area contributed by atoms with Crippen molar-refractivity contribution < 1.29 is 4.79 Å². The Kier molecular flexibility index (Phi) is 4.53. The van der Waals surface area contributed by atoms with Crippen molar-refractivity contribution in [2.75, 3.05) is 5.73 Å². The second-order valence-corrected chi connectivity index (χ2v) is 5.09. The van der Waals surface area contributed by atoms with Crippen molar-refractivity contribution in [3.63, 3.8) is 0 Å². The predicted octanol–water partition coefficient (Wildman–Crippen LogP) is 3.19. The van der Waals surface area contributed by atoms with E-state index in [1.165, 1.54) is 0 Å². The summed E-state index contributed by atoms with van der Waals surface area (Å²) in [6, 6.07) is 14.4. The molecule has 20 heavy (non-hydrogen) atoms. The SMILES string of the molecule is C/C(=N/NC(=O)c1ccc(N)cc1)c1ccccc1Br. The van der Waals surface area contributed by atoms with Crippen molar-refractivity contribution in [1.82, 2.24) is 5.43 Å². The summed E-state index contributed by atoms with van der Waals surface area (Å²) in [5.74, 6) is -0.267. The average Bonchev–Trinajstić information content (AvgIpc) is 2.45. The number of hydrogen-bond donors (Lipinski definition) is 2. The van der Waals surface area contributed by atoms with Crippen LogP contribution in [0.5, 0.6) is 0 Å². The van der Waals surface area contributed by atoms with Gasteiger partial charge in [-0.25, -0.2) is 5.43 Å². The molecule has 0 atom stereocenters. The zero-order valence-corrected chi connectivity index (χ0v) is 12.5. The molecule has 0 bridgehead atoms. The number of hydrazone groups is 1. The second-order valence-electron chi connectivity index (χ2n) is 4.24. The van der Waals surface area contributed by atoms with Gasteiger partial charge in [-0.05, 0) is 37.3 Å². The number of benzene rings is 2. The van der Waals surface area contributed by atoms with Gasteiger partial charge in [0.2, 0.25) is 0 Å². The molecule has 2 rings (SSSR count). The van der Waals surface area contributed by atoms with Crippen LogP contribution in [0.15, 0.2) is 58.1 Å². The van der Waals surface area contributed by atoms with Gasteiger partial charge in [-0.2, -0.15) is 5.10 Å². The van der Waals surface area contributed by atoms with Crippen LogP contribution < -0.4 is 11.2 Å². The number of hydrogen-bond acceptors (Lipinski definition) is 3. The number of halogens is 1. The fourth-order valence-corrected chi connectivity index (χ4v) is 2.22. The van der Waals surface area contributed by atoms with Crippen molar-refractivity contribution >= 4 is 33.2 Å². The van der Waals surface area contributed by atoms with Crippen molar-refractivity contribution in [2.45, 2.75) is 6.92 Å². The van der Waals surface area contributed by atoms with Gasteiger partial charge in [-0.1, -0.05) is 34.1 Å². The Morgan fingerprint density at radius 3 is 2.45 bits per heavy atom. The highest BCUT2D eigenvalue weighted by atomic mass is 79.9. The lowest BCUT2D eigenvalue weighted by molar-refractivity contribution is 0.0955. The summed E-state index contributed by atoms with van der Waals surface area (Å²) in [6.45, 7) is 1.84. The number of anilines is 1. The molecule has 2 aromatic carbocycles. The summed E-state index contributed by atoms with van der Waals surface area (Å²) in [6.07, 6.45) is 0. The fourth-order valence-electron chi connectivity index (χ4n) is 1.65. The summed E-state index contributed by atoms with van der Waals surface area (Å²) < 4.78 is 0.933. The molecule has 0 aliphatic carbocycles. The van der Waals surface area contributed by atoms with Gasteiger partial charge in [0.1, 0.15) is 0 Å². The molecule has 0 aliphatic rings.